The summed E-state index contributed by atoms with van der Waals surface area (Å²) in [5.41, 5.74) is 4.27. The van der Waals surface area contributed by atoms with Crippen molar-refractivity contribution in [3.63, 3.8) is 0 Å². The minimum Gasteiger partial charge on any atom is -0.507 e. The van der Waals surface area contributed by atoms with Crippen molar-refractivity contribution in [1.29, 1.82) is 0 Å². The summed E-state index contributed by atoms with van der Waals surface area (Å²) in [6.45, 7) is 5.49. The van der Waals surface area contributed by atoms with Crippen LogP contribution in [0.4, 0.5) is 5.69 Å². The number of fused-ring (bicyclic) bond motifs is 1. The molecule has 0 radical (unpaired) electrons. The van der Waals surface area contributed by atoms with Crippen LogP contribution in [0.25, 0.3) is 22.6 Å². The SMILES string of the molecule is Cc1cc(C)c2oc(-c3cc(NC(=S)NC(=O)C(C)Oc4ccc(Cl)cc4Cl)ccc3O)nc2c1. The number of phenolic OH excluding ortho intramolecular Hbond substituents is 1. The van der Waals surface area contributed by atoms with Crippen LogP contribution in [0.5, 0.6) is 11.5 Å². The zero-order valence-corrected chi connectivity index (χ0v) is 21.3. The zero-order valence-electron chi connectivity index (χ0n) is 19.0. The van der Waals surface area contributed by atoms with Crippen LogP contribution in [0.15, 0.2) is 52.9 Å². The van der Waals surface area contributed by atoms with Crippen LogP contribution < -0.4 is 15.4 Å². The van der Waals surface area contributed by atoms with Gasteiger partial charge in [0.2, 0.25) is 5.89 Å². The number of ether oxygens (including phenoxy) is 1. The van der Waals surface area contributed by atoms with E-state index in [2.05, 4.69) is 15.6 Å². The second-order valence-electron chi connectivity index (χ2n) is 7.96. The quantitative estimate of drug-likeness (QED) is 0.203. The molecule has 0 aliphatic heterocycles. The summed E-state index contributed by atoms with van der Waals surface area (Å²) < 4.78 is 11.5. The number of carbonyl (C=O) groups is 1. The van der Waals surface area contributed by atoms with E-state index in [1.165, 1.54) is 12.1 Å². The van der Waals surface area contributed by atoms with E-state index in [-0.39, 0.29) is 16.8 Å². The van der Waals surface area contributed by atoms with Gasteiger partial charge in [-0.25, -0.2) is 4.98 Å². The Labute approximate surface area is 217 Å². The first kappa shape index (κ1) is 24.8. The number of thiocarbonyl (C=S) groups is 1. The number of anilines is 1. The smallest absolute Gasteiger partial charge is 0.266 e. The second-order valence-corrected chi connectivity index (χ2v) is 9.21. The maximum absolute atomic E-state index is 12.5. The van der Waals surface area contributed by atoms with E-state index in [9.17, 15) is 9.90 Å². The number of hydrogen-bond donors (Lipinski definition) is 3. The molecule has 7 nitrogen and oxygen atoms in total. The number of nitrogens with zero attached hydrogens (tertiary/aromatic N) is 1. The van der Waals surface area contributed by atoms with Gasteiger partial charge in [0, 0.05) is 10.7 Å². The molecule has 1 atom stereocenters. The third-order valence-electron chi connectivity index (χ3n) is 5.11. The summed E-state index contributed by atoms with van der Waals surface area (Å²) in [5.74, 6) is 0.113. The monoisotopic (exact) mass is 529 g/mol. The number of oxazole rings is 1. The number of aryl methyl sites for hydroxylation is 2. The normalized spacial score (nSPS) is 11.8. The van der Waals surface area contributed by atoms with Crippen LogP contribution in [0.2, 0.25) is 10.0 Å². The van der Waals surface area contributed by atoms with Crippen LogP contribution >= 0.6 is 35.4 Å². The lowest BCUT2D eigenvalue weighted by Crippen LogP contribution is -2.42. The van der Waals surface area contributed by atoms with Crippen molar-refractivity contribution < 1.29 is 19.1 Å². The molecular weight excluding hydrogens is 509 g/mol. The number of aromatic hydroxyl groups is 1. The van der Waals surface area contributed by atoms with Gasteiger partial charge in [-0.1, -0.05) is 29.3 Å². The first-order valence-electron chi connectivity index (χ1n) is 10.6. The van der Waals surface area contributed by atoms with Gasteiger partial charge in [0.25, 0.3) is 5.91 Å². The minimum absolute atomic E-state index is 0.00620. The lowest BCUT2D eigenvalue weighted by molar-refractivity contribution is -0.125. The Morgan fingerprint density at radius 2 is 1.91 bits per heavy atom. The van der Waals surface area contributed by atoms with E-state index >= 15 is 0 Å². The van der Waals surface area contributed by atoms with Gasteiger partial charge in [0.1, 0.15) is 17.0 Å². The largest absolute Gasteiger partial charge is 0.507 e. The molecule has 0 aliphatic carbocycles. The number of hydrogen-bond acceptors (Lipinski definition) is 6. The average Bonchev–Trinajstić information content (AvgIpc) is 3.21. The number of aromatic nitrogens is 1. The van der Waals surface area contributed by atoms with Gasteiger partial charge in [-0.3, -0.25) is 10.1 Å². The van der Waals surface area contributed by atoms with Crippen molar-refractivity contribution in [3.8, 4) is 23.0 Å². The van der Waals surface area contributed by atoms with E-state index in [4.69, 9.17) is 44.6 Å². The number of carbonyl (C=O) groups excluding carboxylic acids is 1. The van der Waals surface area contributed by atoms with Crippen molar-refractivity contribution in [2.45, 2.75) is 26.9 Å². The van der Waals surface area contributed by atoms with Crippen molar-refractivity contribution in [2.75, 3.05) is 5.32 Å². The summed E-state index contributed by atoms with van der Waals surface area (Å²) in [6.07, 6.45) is -0.879. The number of benzene rings is 3. The molecule has 0 fully saturated rings. The summed E-state index contributed by atoms with van der Waals surface area (Å²) in [5, 5.41) is 16.7. The van der Waals surface area contributed by atoms with Crippen LogP contribution in [-0.4, -0.2) is 27.2 Å². The molecule has 4 aromatic rings. The lowest BCUT2D eigenvalue weighted by atomic mass is 10.1. The molecule has 3 aromatic carbocycles. The van der Waals surface area contributed by atoms with Crippen molar-refractivity contribution >= 4 is 63.2 Å². The number of halogens is 2. The Kier molecular flexibility index (Phi) is 7.16. The zero-order chi connectivity index (χ0) is 25.3. The van der Waals surface area contributed by atoms with Gasteiger partial charge < -0.3 is 19.6 Å². The number of rotatable bonds is 5. The summed E-state index contributed by atoms with van der Waals surface area (Å²) in [6, 6.07) is 13.4. The highest BCUT2D eigenvalue weighted by Crippen LogP contribution is 2.34. The second kappa shape index (κ2) is 10.1. The molecule has 0 spiro atoms. The third-order valence-corrected chi connectivity index (χ3v) is 5.84. The molecule has 1 heterocycles. The third kappa shape index (κ3) is 5.67. The van der Waals surface area contributed by atoms with Gasteiger partial charge >= 0.3 is 0 Å². The molecular formula is C25H21Cl2N3O4S. The van der Waals surface area contributed by atoms with E-state index < -0.39 is 12.0 Å². The van der Waals surface area contributed by atoms with E-state index in [1.54, 1.807) is 31.2 Å². The van der Waals surface area contributed by atoms with Crippen LogP contribution in [0.1, 0.15) is 18.1 Å². The number of amides is 1. The maximum Gasteiger partial charge on any atom is 0.266 e. The molecule has 0 saturated heterocycles. The molecule has 3 N–H and O–H groups in total. The molecule has 0 bridgehead atoms. The summed E-state index contributed by atoms with van der Waals surface area (Å²) in [7, 11) is 0. The highest BCUT2D eigenvalue weighted by molar-refractivity contribution is 7.80. The molecule has 0 aliphatic rings. The van der Waals surface area contributed by atoms with Gasteiger partial charge in [0.15, 0.2) is 16.8 Å². The predicted octanol–water partition coefficient (Wildman–Crippen LogP) is 6.40. The summed E-state index contributed by atoms with van der Waals surface area (Å²) >= 11 is 17.3. The molecule has 1 aromatic heterocycles. The maximum atomic E-state index is 12.5. The Hall–Kier alpha value is -3.33. The van der Waals surface area contributed by atoms with E-state index in [0.717, 1.165) is 11.1 Å². The Balaban J connectivity index is 1.46. The van der Waals surface area contributed by atoms with Crippen molar-refractivity contribution in [2.24, 2.45) is 0 Å². The topological polar surface area (TPSA) is 96.6 Å². The average molecular weight is 530 g/mol. The molecule has 0 saturated carbocycles. The fourth-order valence-electron chi connectivity index (χ4n) is 3.47. The van der Waals surface area contributed by atoms with Gasteiger partial charge in [0.05, 0.1) is 10.6 Å². The van der Waals surface area contributed by atoms with Gasteiger partial charge in [-0.05, 0) is 86.6 Å². The van der Waals surface area contributed by atoms with E-state index in [1.807, 2.05) is 26.0 Å². The van der Waals surface area contributed by atoms with E-state index in [0.29, 0.717) is 38.1 Å². The predicted molar refractivity (Wildman–Crippen MR) is 141 cm³/mol. The summed E-state index contributed by atoms with van der Waals surface area (Å²) in [4.78, 5) is 17.0. The Bertz CT molecular complexity index is 1450. The lowest BCUT2D eigenvalue weighted by Gasteiger charge is -2.17. The first-order valence-corrected chi connectivity index (χ1v) is 11.7. The molecule has 35 heavy (non-hydrogen) atoms. The van der Waals surface area contributed by atoms with Gasteiger partial charge in [-0.15, -0.1) is 0 Å². The van der Waals surface area contributed by atoms with Gasteiger partial charge in [-0.2, -0.15) is 0 Å². The number of phenols is 1. The molecule has 180 valence electrons. The fourth-order valence-corrected chi connectivity index (χ4v) is 4.14. The molecule has 4 rings (SSSR count). The number of nitrogens with one attached hydrogen (secondary N) is 2. The van der Waals surface area contributed by atoms with Crippen molar-refractivity contribution in [3.05, 3.63) is 69.7 Å². The highest BCUT2D eigenvalue weighted by atomic mass is 35.5. The van der Waals surface area contributed by atoms with Crippen LogP contribution in [-0.2, 0) is 4.79 Å². The fraction of sp³-hybridized carbons (Fsp3) is 0.160. The highest BCUT2D eigenvalue weighted by Gasteiger charge is 2.19. The van der Waals surface area contributed by atoms with Crippen molar-refractivity contribution in [1.82, 2.24) is 10.3 Å². The molecule has 10 heteroatoms. The first-order chi connectivity index (χ1) is 16.6. The van der Waals surface area contributed by atoms with Crippen LogP contribution in [0, 0.1) is 13.8 Å². The molecule has 1 amide bonds. The molecule has 1 unspecified atom stereocenters. The Morgan fingerprint density at radius 1 is 1.14 bits per heavy atom. The minimum atomic E-state index is -0.879. The Morgan fingerprint density at radius 3 is 2.66 bits per heavy atom. The standard InChI is InChI=1S/C25H21Cl2N3O4S/c1-12-8-13(2)22-19(9-12)29-24(34-22)17-11-16(5-6-20(17)31)28-25(35)30-23(32)14(3)33-21-7-4-15(26)10-18(21)27/h4-11,14,31H,1-3H3,(H2,28,30,32,35). The van der Waals surface area contributed by atoms with Crippen LogP contribution in [0.3, 0.4) is 0 Å².